The van der Waals surface area contributed by atoms with Gasteiger partial charge in [0.1, 0.15) is 0 Å². The first-order valence-electron chi connectivity index (χ1n) is 4.47. The molecule has 0 amide bonds. The van der Waals surface area contributed by atoms with E-state index >= 15 is 0 Å². The Hall–Kier alpha value is -0.450. The van der Waals surface area contributed by atoms with Gasteiger partial charge in [-0.05, 0) is 6.42 Å². The second-order valence-corrected chi connectivity index (χ2v) is 3.84. The topological polar surface area (TPSA) is 42.4 Å². The van der Waals surface area contributed by atoms with Crippen molar-refractivity contribution in [2.24, 2.45) is 0 Å². The molecule has 0 aliphatic carbocycles. The third-order valence-electron chi connectivity index (χ3n) is 1.55. The van der Waals surface area contributed by atoms with Crippen molar-refractivity contribution >= 4 is 11.3 Å². The molecule has 0 saturated carbocycles. The van der Waals surface area contributed by atoms with Crippen LogP contribution in [0.25, 0.3) is 0 Å². The highest BCUT2D eigenvalue weighted by molar-refractivity contribution is 7.09. The molecule has 0 aliphatic heterocycles. The number of hydrogen-bond acceptors (Lipinski definition) is 4. The predicted molar refractivity (Wildman–Crippen MR) is 52.9 cm³/mol. The first kappa shape index (κ1) is 10.6. The van der Waals surface area contributed by atoms with Crippen LogP contribution in [0.4, 0.5) is 0 Å². The summed E-state index contributed by atoms with van der Waals surface area (Å²) in [4.78, 5) is 4.09. The van der Waals surface area contributed by atoms with Crippen LogP contribution in [0.3, 0.4) is 0 Å². The van der Waals surface area contributed by atoms with Crippen molar-refractivity contribution in [3.8, 4) is 0 Å². The minimum Gasteiger partial charge on any atom is -0.390 e. The standard InChI is InChI=1S/C9H15NO2S/c1-2-4-12-7-8(11)6-9-10-3-5-13-9/h3,5,8,11H,2,4,6-7H2,1H3. The third kappa shape index (κ3) is 4.36. The monoisotopic (exact) mass is 201 g/mol. The van der Waals surface area contributed by atoms with E-state index in [1.807, 2.05) is 12.3 Å². The maximum absolute atomic E-state index is 9.49. The molecule has 1 N–H and O–H groups in total. The smallest absolute Gasteiger partial charge is 0.0951 e. The molecular formula is C9H15NO2S. The van der Waals surface area contributed by atoms with Crippen molar-refractivity contribution in [2.75, 3.05) is 13.2 Å². The van der Waals surface area contributed by atoms with Crippen LogP contribution in [0.5, 0.6) is 0 Å². The third-order valence-corrected chi connectivity index (χ3v) is 2.35. The quantitative estimate of drug-likeness (QED) is 0.709. The molecule has 4 heteroatoms. The molecule has 0 saturated heterocycles. The van der Waals surface area contributed by atoms with Crippen LogP contribution < -0.4 is 0 Å². The van der Waals surface area contributed by atoms with Crippen LogP contribution in [0.1, 0.15) is 18.4 Å². The zero-order valence-corrected chi connectivity index (χ0v) is 8.59. The fraction of sp³-hybridized carbons (Fsp3) is 0.667. The van der Waals surface area contributed by atoms with Crippen LogP contribution in [-0.4, -0.2) is 29.4 Å². The summed E-state index contributed by atoms with van der Waals surface area (Å²) in [5.41, 5.74) is 0. The van der Waals surface area contributed by atoms with E-state index < -0.39 is 6.10 Å². The Balaban J connectivity index is 2.14. The second kappa shape index (κ2) is 6.07. The highest BCUT2D eigenvalue weighted by Crippen LogP contribution is 2.07. The molecule has 0 aromatic carbocycles. The lowest BCUT2D eigenvalue weighted by Gasteiger charge is -2.08. The highest BCUT2D eigenvalue weighted by Gasteiger charge is 2.06. The molecule has 0 fully saturated rings. The molecule has 1 unspecified atom stereocenters. The fourth-order valence-corrected chi connectivity index (χ4v) is 1.67. The fourth-order valence-electron chi connectivity index (χ4n) is 0.978. The summed E-state index contributed by atoms with van der Waals surface area (Å²) in [5, 5.41) is 12.4. The van der Waals surface area contributed by atoms with Gasteiger partial charge in [0.05, 0.1) is 17.7 Å². The van der Waals surface area contributed by atoms with Crippen molar-refractivity contribution in [2.45, 2.75) is 25.9 Å². The van der Waals surface area contributed by atoms with E-state index in [1.54, 1.807) is 17.5 Å². The largest absolute Gasteiger partial charge is 0.390 e. The Morgan fingerprint density at radius 3 is 3.15 bits per heavy atom. The maximum Gasteiger partial charge on any atom is 0.0951 e. The van der Waals surface area contributed by atoms with Gasteiger partial charge in [-0.1, -0.05) is 6.92 Å². The van der Waals surface area contributed by atoms with Crippen LogP contribution >= 0.6 is 11.3 Å². The second-order valence-electron chi connectivity index (χ2n) is 2.86. The van der Waals surface area contributed by atoms with Gasteiger partial charge in [-0.2, -0.15) is 0 Å². The van der Waals surface area contributed by atoms with Crippen LogP contribution in [0.2, 0.25) is 0 Å². The van der Waals surface area contributed by atoms with Crippen molar-refractivity contribution in [1.29, 1.82) is 0 Å². The van der Waals surface area contributed by atoms with E-state index in [0.29, 0.717) is 13.0 Å². The molecule has 3 nitrogen and oxygen atoms in total. The zero-order chi connectivity index (χ0) is 9.52. The van der Waals surface area contributed by atoms with E-state index in [1.165, 1.54) is 0 Å². The molecule has 1 rings (SSSR count). The lowest BCUT2D eigenvalue weighted by molar-refractivity contribution is 0.0374. The lowest BCUT2D eigenvalue weighted by atomic mass is 10.3. The van der Waals surface area contributed by atoms with Gasteiger partial charge in [0, 0.05) is 24.6 Å². The summed E-state index contributed by atoms with van der Waals surface area (Å²) >= 11 is 1.56. The molecule has 13 heavy (non-hydrogen) atoms. The SMILES string of the molecule is CCCOCC(O)Cc1nccs1. The number of aliphatic hydroxyl groups is 1. The van der Waals surface area contributed by atoms with Gasteiger partial charge < -0.3 is 9.84 Å². The Bertz CT molecular complexity index is 213. The normalized spacial score (nSPS) is 13.1. The average Bonchev–Trinajstić information content (AvgIpc) is 2.57. The van der Waals surface area contributed by atoms with Gasteiger partial charge in [0.2, 0.25) is 0 Å². The Morgan fingerprint density at radius 1 is 1.69 bits per heavy atom. The summed E-state index contributed by atoms with van der Waals surface area (Å²) in [5.74, 6) is 0. The highest BCUT2D eigenvalue weighted by atomic mass is 32.1. The molecule has 0 bridgehead atoms. The Kier molecular flexibility index (Phi) is 4.97. The first-order chi connectivity index (χ1) is 6.33. The lowest BCUT2D eigenvalue weighted by Crippen LogP contribution is -2.18. The van der Waals surface area contributed by atoms with Gasteiger partial charge in [-0.3, -0.25) is 0 Å². The Morgan fingerprint density at radius 2 is 2.54 bits per heavy atom. The number of thiazole rings is 1. The Labute approximate surface area is 82.4 Å². The molecule has 1 atom stereocenters. The number of rotatable bonds is 6. The molecule has 0 radical (unpaired) electrons. The number of aliphatic hydroxyl groups excluding tert-OH is 1. The molecule has 0 spiro atoms. The zero-order valence-electron chi connectivity index (χ0n) is 7.77. The van der Waals surface area contributed by atoms with Crippen molar-refractivity contribution in [1.82, 2.24) is 4.98 Å². The number of nitrogens with zero attached hydrogens (tertiary/aromatic N) is 1. The van der Waals surface area contributed by atoms with E-state index in [4.69, 9.17) is 4.74 Å². The molecule has 0 aliphatic rings. The van der Waals surface area contributed by atoms with Gasteiger partial charge >= 0.3 is 0 Å². The van der Waals surface area contributed by atoms with Crippen molar-refractivity contribution < 1.29 is 9.84 Å². The molecule has 1 aromatic heterocycles. The van der Waals surface area contributed by atoms with Gasteiger partial charge in [-0.25, -0.2) is 4.98 Å². The first-order valence-corrected chi connectivity index (χ1v) is 5.35. The van der Waals surface area contributed by atoms with Gasteiger partial charge in [0.15, 0.2) is 0 Å². The van der Waals surface area contributed by atoms with Crippen LogP contribution in [-0.2, 0) is 11.2 Å². The van der Waals surface area contributed by atoms with Crippen LogP contribution in [0.15, 0.2) is 11.6 Å². The van der Waals surface area contributed by atoms with Gasteiger partial charge in [0.25, 0.3) is 0 Å². The minimum absolute atomic E-state index is 0.410. The molecule has 74 valence electrons. The summed E-state index contributed by atoms with van der Waals surface area (Å²) in [6, 6.07) is 0. The minimum atomic E-state index is -0.419. The average molecular weight is 201 g/mol. The van der Waals surface area contributed by atoms with Crippen molar-refractivity contribution in [3.63, 3.8) is 0 Å². The van der Waals surface area contributed by atoms with Crippen molar-refractivity contribution in [3.05, 3.63) is 16.6 Å². The maximum atomic E-state index is 9.49. The van der Waals surface area contributed by atoms with E-state index in [2.05, 4.69) is 4.98 Å². The predicted octanol–water partition coefficient (Wildman–Crippen LogP) is 1.47. The number of aromatic nitrogens is 1. The summed E-state index contributed by atoms with van der Waals surface area (Å²) in [7, 11) is 0. The van der Waals surface area contributed by atoms with Crippen LogP contribution in [0, 0.1) is 0 Å². The van der Waals surface area contributed by atoms with E-state index in [0.717, 1.165) is 18.0 Å². The summed E-state index contributed by atoms with van der Waals surface area (Å²) in [6.07, 6.45) is 2.92. The van der Waals surface area contributed by atoms with E-state index in [-0.39, 0.29) is 0 Å². The molecular weight excluding hydrogens is 186 g/mol. The molecule has 1 heterocycles. The summed E-state index contributed by atoms with van der Waals surface area (Å²) < 4.78 is 5.22. The number of hydrogen-bond donors (Lipinski definition) is 1. The molecule has 1 aromatic rings. The number of ether oxygens (including phenoxy) is 1. The van der Waals surface area contributed by atoms with Gasteiger partial charge in [-0.15, -0.1) is 11.3 Å². The summed E-state index contributed by atoms with van der Waals surface area (Å²) in [6.45, 7) is 3.18. The van der Waals surface area contributed by atoms with E-state index in [9.17, 15) is 5.11 Å².